The summed E-state index contributed by atoms with van der Waals surface area (Å²) in [6, 6.07) is 22.3. The van der Waals surface area contributed by atoms with Crippen molar-refractivity contribution >= 4 is 21.7 Å². The Kier molecular flexibility index (Phi) is 5.91. The lowest BCUT2D eigenvalue weighted by Crippen LogP contribution is -2.15. The molecule has 0 bridgehead atoms. The Balaban J connectivity index is 1.76. The van der Waals surface area contributed by atoms with Crippen LogP contribution in [-0.2, 0) is 10.0 Å². The molecule has 0 aliphatic rings. The molecule has 0 aliphatic carbocycles. The molecule has 0 spiro atoms. The quantitative estimate of drug-likeness (QED) is 0.404. The fourth-order valence-corrected chi connectivity index (χ4v) is 4.01. The van der Waals surface area contributed by atoms with Crippen LogP contribution < -0.4 is 19.9 Å². The van der Waals surface area contributed by atoms with Crippen LogP contribution >= 0.6 is 0 Å². The molecule has 32 heavy (non-hydrogen) atoms. The largest absolute Gasteiger partial charge is 0.496 e. The van der Waals surface area contributed by atoms with E-state index in [2.05, 4.69) is 14.7 Å². The number of methoxy groups -OCH3 is 1. The number of benzene rings is 3. The fraction of sp³-hybridized carbons (Fsp3) is 0.0435. The number of para-hydroxylation sites is 2. The Morgan fingerprint density at radius 2 is 1.66 bits per heavy atom. The highest BCUT2D eigenvalue weighted by molar-refractivity contribution is 7.92. The zero-order valence-electron chi connectivity index (χ0n) is 17.1. The van der Waals surface area contributed by atoms with Gasteiger partial charge in [0.1, 0.15) is 11.5 Å². The SMILES string of the molecule is COc1ccccc1-c1cnc(NS(=O)(=O)c2cccc(N)c2)nc1Oc1ccccc1. The summed E-state index contributed by atoms with van der Waals surface area (Å²) in [6.45, 7) is 0. The van der Waals surface area contributed by atoms with Crippen molar-refractivity contribution in [3.05, 3.63) is 85.1 Å². The summed E-state index contributed by atoms with van der Waals surface area (Å²) in [4.78, 5) is 8.54. The van der Waals surface area contributed by atoms with Crippen LogP contribution in [0.15, 0.2) is 90.0 Å². The van der Waals surface area contributed by atoms with Crippen LogP contribution in [0.3, 0.4) is 0 Å². The predicted octanol–water partition coefficient (Wildman–Crippen LogP) is 4.33. The number of ether oxygens (including phenoxy) is 2. The molecule has 3 N–H and O–H groups in total. The van der Waals surface area contributed by atoms with Gasteiger partial charge in [0, 0.05) is 17.4 Å². The number of hydrogen-bond donors (Lipinski definition) is 2. The number of nitrogen functional groups attached to an aromatic ring is 1. The van der Waals surface area contributed by atoms with Crippen molar-refractivity contribution in [1.29, 1.82) is 0 Å². The Bertz CT molecular complexity index is 1350. The van der Waals surface area contributed by atoms with Gasteiger partial charge >= 0.3 is 0 Å². The molecule has 0 saturated carbocycles. The number of anilines is 2. The van der Waals surface area contributed by atoms with Crippen LogP contribution in [0.1, 0.15) is 0 Å². The average Bonchev–Trinajstić information content (AvgIpc) is 2.80. The number of sulfonamides is 1. The molecule has 1 aromatic heterocycles. The summed E-state index contributed by atoms with van der Waals surface area (Å²) in [6.07, 6.45) is 1.49. The first kappa shape index (κ1) is 21.1. The molecular formula is C23H20N4O4S. The van der Waals surface area contributed by atoms with E-state index in [1.807, 2.05) is 36.4 Å². The third-order valence-corrected chi connectivity index (χ3v) is 5.83. The highest BCUT2D eigenvalue weighted by Crippen LogP contribution is 2.37. The second-order valence-electron chi connectivity index (χ2n) is 6.71. The second-order valence-corrected chi connectivity index (χ2v) is 8.39. The fourth-order valence-electron chi connectivity index (χ4n) is 3.01. The van der Waals surface area contributed by atoms with Crippen LogP contribution in [0.25, 0.3) is 11.1 Å². The van der Waals surface area contributed by atoms with E-state index in [0.29, 0.717) is 28.3 Å². The minimum Gasteiger partial charge on any atom is -0.496 e. The molecule has 0 unspecified atom stereocenters. The lowest BCUT2D eigenvalue weighted by molar-refractivity contribution is 0.415. The van der Waals surface area contributed by atoms with Crippen molar-refractivity contribution in [1.82, 2.24) is 9.97 Å². The van der Waals surface area contributed by atoms with Gasteiger partial charge in [0.15, 0.2) is 0 Å². The molecule has 4 aromatic rings. The van der Waals surface area contributed by atoms with E-state index in [0.717, 1.165) is 0 Å². The van der Waals surface area contributed by atoms with Gasteiger partial charge in [0.2, 0.25) is 11.8 Å². The molecule has 0 amide bonds. The van der Waals surface area contributed by atoms with Gasteiger partial charge in [-0.25, -0.2) is 18.1 Å². The molecule has 3 aromatic carbocycles. The van der Waals surface area contributed by atoms with Crippen LogP contribution in [-0.4, -0.2) is 25.5 Å². The minimum atomic E-state index is -3.95. The van der Waals surface area contributed by atoms with Gasteiger partial charge < -0.3 is 15.2 Å². The number of nitrogens with zero attached hydrogens (tertiary/aromatic N) is 2. The monoisotopic (exact) mass is 448 g/mol. The molecule has 4 rings (SSSR count). The van der Waals surface area contributed by atoms with Crippen molar-refractivity contribution in [2.75, 3.05) is 17.6 Å². The van der Waals surface area contributed by atoms with E-state index in [4.69, 9.17) is 15.2 Å². The first-order valence-corrected chi connectivity index (χ1v) is 11.1. The maximum absolute atomic E-state index is 12.8. The van der Waals surface area contributed by atoms with Gasteiger partial charge in [-0.15, -0.1) is 0 Å². The van der Waals surface area contributed by atoms with E-state index in [1.165, 1.54) is 18.3 Å². The highest BCUT2D eigenvalue weighted by Gasteiger charge is 2.20. The Hall–Kier alpha value is -4.11. The van der Waals surface area contributed by atoms with Crippen molar-refractivity contribution < 1.29 is 17.9 Å². The zero-order chi connectivity index (χ0) is 22.6. The van der Waals surface area contributed by atoms with Crippen molar-refractivity contribution in [2.45, 2.75) is 4.90 Å². The van der Waals surface area contributed by atoms with E-state index in [1.54, 1.807) is 37.4 Å². The first-order valence-electron chi connectivity index (χ1n) is 9.58. The third-order valence-electron chi connectivity index (χ3n) is 4.50. The highest BCUT2D eigenvalue weighted by atomic mass is 32.2. The molecule has 8 nitrogen and oxygen atoms in total. The number of hydrogen-bond acceptors (Lipinski definition) is 7. The summed E-state index contributed by atoms with van der Waals surface area (Å²) >= 11 is 0. The Labute approximate surface area is 185 Å². The molecule has 0 fully saturated rings. The summed E-state index contributed by atoms with van der Waals surface area (Å²) in [7, 11) is -2.39. The normalized spacial score (nSPS) is 11.0. The van der Waals surface area contributed by atoms with Crippen molar-refractivity contribution in [3.8, 4) is 28.5 Å². The summed E-state index contributed by atoms with van der Waals surface area (Å²) in [5.74, 6) is 1.16. The zero-order valence-corrected chi connectivity index (χ0v) is 17.9. The Morgan fingerprint density at radius 3 is 2.41 bits per heavy atom. The van der Waals surface area contributed by atoms with Gasteiger partial charge in [-0.1, -0.05) is 42.5 Å². The molecular weight excluding hydrogens is 428 g/mol. The molecule has 9 heteroatoms. The van der Waals surface area contributed by atoms with E-state index in [9.17, 15) is 8.42 Å². The molecule has 0 atom stereocenters. The van der Waals surface area contributed by atoms with Gasteiger partial charge in [0.05, 0.1) is 17.6 Å². The molecule has 162 valence electrons. The Morgan fingerprint density at radius 1 is 0.906 bits per heavy atom. The van der Waals surface area contributed by atoms with Crippen molar-refractivity contribution in [3.63, 3.8) is 0 Å². The van der Waals surface area contributed by atoms with Crippen LogP contribution in [0.4, 0.5) is 11.6 Å². The van der Waals surface area contributed by atoms with Gasteiger partial charge in [-0.2, -0.15) is 4.98 Å². The van der Waals surface area contributed by atoms with Gasteiger partial charge in [0.25, 0.3) is 10.0 Å². The summed E-state index contributed by atoms with van der Waals surface area (Å²) < 4.78 is 39.4. The first-order chi connectivity index (χ1) is 15.5. The average molecular weight is 449 g/mol. The number of aromatic nitrogens is 2. The molecule has 0 saturated heterocycles. The maximum atomic E-state index is 12.8. The maximum Gasteiger partial charge on any atom is 0.264 e. The molecule has 0 radical (unpaired) electrons. The summed E-state index contributed by atoms with van der Waals surface area (Å²) in [5, 5.41) is 0. The number of rotatable bonds is 7. The van der Waals surface area contributed by atoms with Crippen molar-refractivity contribution in [2.24, 2.45) is 0 Å². The third kappa shape index (κ3) is 4.62. The lowest BCUT2D eigenvalue weighted by atomic mass is 10.1. The molecule has 1 heterocycles. The van der Waals surface area contributed by atoms with Crippen LogP contribution in [0.5, 0.6) is 17.4 Å². The second kappa shape index (κ2) is 8.94. The van der Waals surface area contributed by atoms with E-state index >= 15 is 0 Å². The standard InChI is InChI=1S/C23H20N4O4S/c1-30-21-13-6-5-12-19(21)20-15-25-23(26-22(20)31-17-9-3-2-4-10-17)27-32(28,29)18-11-7-8-16(24)14-18/h2-15H,24H2,1H3,(H,25,26,27). The number of nitrogens with two attached hydrogens (primary N) is 1. The van der Waals surface area contributed by atoms with Crippen LogP contribution in [0.2, 0.25) is 0 Å². The van der Waals surface area contributed by atoms with Gasteiger partial charge in [-0.3, -0.25) is 0 Å². The van der Waals surface area contributed by atoms with E-state index < -0.39 is 10.0 Å². The summed E-state index contributed by atoms with van der Waals surface area (Å²) in [5.41, 5.74) is 7.28. The number of nitrogens with one attached hydrogen (secondary N) is 1. The predicted molar refractivity (Wildman–Crippen MR) is 122 cm³/mol. The minimum absolute atomic E-state index is 0.000401. The topological polar surface area (TPSA) is 116 Å². The molecule has 0 aliphatic heterocycles. The lowest BCUT2D eigenvalue weighted by Gasteiger charge is -2.14. The van der Waals surface area contributed by atoms with Gasteiger partial charge in [-0.05, 0) is 36.4 Å². The van der Waals surface area contributed by atoms with E-state index in [-0.39, 0.29) is 16.7 Å². The smallest absolute Gasteiger partial charge is 0.264 e. The van der Waals surface area contributed by atoms with Crippen LogP contribution in [0, 0.1) is 0 Å².